The van der Waals surface area contributed by atoms with Crippen molar-refractivity contribution in [2.45, 2.75) is 57.0 Å². The van der Waals surface area contributed by atoms with Gasteiger partial charge in [-0.2, -0.15) is 0 Å². The van der Waals surface area contributed by atoms with Gasteiger partial charge >= 0.3 is 33.0 Å². The third-order valence-corrected chi connectivity index (χ3v) is 4.09. The standard InChI is InChI=1S/C9H18N2.C3H4O4.ClH.Pt/c10-7-3-1-5-9(7)6-2-4-8(9)11;4-2(5)1-3(6)7;;/h7-8H,1-6,10-11H2;1H2,(H,4,5)(H,6,7);1H;/q;;;+2/p-1. The van der Waals surface area contributed by atoms with Crippen LogP contribution in [0.1, 0.15) is 44.9 Å². The van der Waals surface area contributed by atoms with Gasteiger partial charge in [0.15, 0.2) is 0 Å². The summed E-state index contributed by atoms with van der Waals surface area (Å²) in [5.41, 5.74) is 12.5. The SMILES string of the molecule is NC1CCCC12CCCC2N.O=C(O)CC(=O)O.[Cl-].[Pt+2]. The minimum absolute atomic E-state index is 0. The number of halogens is 1. The molecule has 0 aromatic carbocycles. The average molecular weight is 489 g/mol. The number of hydrogen-bond acceptors (Lipinski definition) is 4. The van der Waals surface area contributed by atoms with Crippen LogP contribution >= 0.6 is 0 Å². The molecule has 0 saturated heterocycles. The van der Waals surface area contributed by atoms with Crippen molar-refractivity contribution in [1.29, 1.82) is 0 Å². The van der Waals surface area contributed by atoms with E-state index in [4.69, 9.17) is 21.7 Å². The van der Waals surface area contributed by atoms with Crippen LogP contribution in [0.3, 0.4) is 0 Å². The van der Waals surface area contributed by atoms with Gasteiger partial charge in [-0.3, -0.25) is 9.59 Å². The van der Waals surface area contributed by atoms with Gasteiger partial charge in [0.25, 0.3) is 0 Å². The van der Waals surface area contributed by atoms with E-state index in [-0.39, 0.29) is 33.5 Å². The number of carboxylic acids is 2. The predicted molar refractivity (Wildman–Crippen MR) is 66.0 cm³/mol. The summed E-state index contributed by atoms with van der Waals surface area (Å²) < 4.78 is 0. The first kappa shape index (κ1) is 22.1. The van der Waals surface area contributed by atoms with Gasteiger partial charge in [-0.25, -0.2) is 0 Å². The quantitative estimate of drug-likeness (QED) is 0.320. The molecule has 6 nitrogen and oxygen atoms in total. The van der Waals surface area contributed by atoms with Crippen molar-refractivity contribution in [3.8, 4) is 0 Å². The molecule has 2 atom stereocenters. The van der Waals surface area contributed by atoms with Gasteiger partial charge < -0.3 is 34.1 Å². The van der Waals surface area contributed by atoms with Crippen LogP contribution in [0, 0.1) is 5.41 Å². The van der Waals surface area contributed by atoms with E-state index in [0.29, 0.717) is 17.5 Å². The molecule has 120 valence electrons. The molecule has 0 amide bonds. The second-order valence-electron chi connectivity index (χ2n) is 5.19. The summed E-state index contributed by atoms with van der Waals surface area (Å²) in [6.07, 6.45) is 6.77. The van der Waals surface area contributed by atoms with Crippen molar-refractivity contribution in [2.75, 3.05) is 0 Å². The minimum atomic E-state index is -1.31. The number of rotatable bonds is 2. The van der Waals surface area contributed by atoms with Crippen LogP contribution < -0.4 is 23.9 Å². The Morgan fingerprint density at radius 3 is 1.50 bits per heavy atom. The third kappa shape index (κ3) is 5.68. The zero-order valence-electron chi connectivity index (χ0n) is 11.2. The monoisotopic (exact) mass is 488 g/mol. The van der Waals surface area contributed by atoms with Crippen molar-refractivity contribution in [2.24, 2.45) is 16.9 Å². The second-order valence-corrected chi connectivity index (χ2v) is 5.19. The van der Waals surface area contributed by atoms with E-state index in [1.54, 1.807) is 0 Å². The van der Waals surface area contributed by atoms with Crippen LogP contribution in [0.25, 0.3) is 0 Å². The maximum Gasteiger partial charge on any atom is 2.00 e. The van der Waals surface area contributed by atoms with Crippen molar-refractivity contribution in [3.63, 3.8) is 0 Å². The molecule has 0 aliphatic heterocycles. The molecular weight excluding hydrogens is 467 g/mol. The van der Waals surface area contributed by atoms with Gasteiger partial charge in [-0.05, 0) is 25.7 Å². The van der Waals surface area contributed by atoms with E-state index < -0.39 is 18.4 Å². The van der Waals surface area contributed by atoms with Crippen molar-refractivity contribution < 1.29 is 53.3 Å². The summed E-state index contributed by atoms with van der Waals surface area (Å²) in [6.45, 7) is 0. The zero-order chi connectivity index (χ0) is 13.8. The zero-order valence-corrected chi connectivity index (χ0v) is 14.2. The van der Waals surface area contributed by atoms with E-state index in [0.717, 1.165) is 0 Å². The van der Waals surface area contributed by atoms with Gasteiger partial charge in [-0.1, -0.05) is 12.8 Å². The van der Waals surface area contributed by atoms with E-state index in [1.807, 2.05) is 0 Å². The van der Waals surface area contributed by atoms with Crippen LogP contribution in [0.15, 0.2) is 0 Å². The summed E-state index contributed by atoms with van der Waals surface area (Å²) in [6, 6.07) is 0.806. The maximum atomic E-state index is 9.43. The van der Waals surface area contributed by atoms with Crippen LogP contribution in [0.4, 0.5) is 0 Å². The Kier molecular flexibility index (Phi) is 10.7. The molecule has 2 fully saturated rings. The molecule has 0 aromatic rings. The molecule has 2 rings (SSSR count). The van der Waals surface area contributed by atoms with Gasteiger partial charge in [0, 0.05) is 17.5 Å². The Morgan fingerprint density at radius 2 is 1.35 bits per heavy atom. The Hall–Kier alpha value is -0.162. The molecule has 2 unspecified atom stereocenters. The molecule has 0 radical (unpaired) electrons. The van der Waals surface area contributed by atoms with E-state index in [9.17, 15) is 9.59 Å². The maximum absolute atomic E-state index is 9.43. The van der Waals surface area contributed by atoms with E-state index >= 15 is 0 Å². The van der Waals surface area contributed by atoms with Gasteiger partial charge in [0.05, 0.1) is 0 Å². The Morgan fingerprint density at radius 1 is 1.00 bits per heavy atom. The summed E-state index contributed by atoms with van der Waals surface area (Å²) in [4.78, 5) is 18.9. The predicted octanol–water partition coefficient (Wildman–Crippen LogP) is -2.46. The van der Waals surface area contributed by atoms with Crippen molar-refractivity contribution in [3.05, 3.63) is 0 Å². The molecule has 0 heterocycles. The Bertz CT molecular complexity index is 301. The van der Waals surface area contributed by atoms with E-state index in [2.05, 4.69) is 0 Å². The molecule has 20 heavy (non-hydrogen) atoms. The molecule has 0 aromatic heterocycles. The fraction of sp³-hybridized carbons (Fsp3) is 0.833. The second kappa shape index (κ2) is 9.72. The molecular formula is C12H22ClN2O4Pt+. The summed E-state index contributed by atoms with van der Waals surface area (Å²) in [5, 5.41) is 15.4. The summed E-state index contributed by atoms with van der Waals surface area (Å²) in [7, 11) is 0. The van der Waals surface area contributed by atoms with Crippen LogP contribution in [0.2, 0.25) is 0 Å². The molecule has 1 spiro atoms. The molecule has 2 aliphatic carbocycles. The molecule has 2 aliphatic rings. The molecule has 6 N–H and O–H groups in total. The fourth-order valence-electron chi connectivity index (χ4n) is 3.15. The first-order valence-corrected chi connectivity index (χ1v) is 6.33. The molecule has 8 heteroatoms. The van der Waals surface area contributed by atoms with Crippen LogP contribution in [0.5, 0.6) is 0 Å². The van der Waals surface area contributed by atoms with Crippen LogP contribution in [-0.4, -0.2) is 34.2 Å². The first-order valence-electron chi connectivity index (χ1n) is 6.33. The minimum Gasteiger partial charge on any atom is -1.00 e. The normalized spacial score (nSPS) is 30.7. The largest absolute Gasteiger partial charge is 2.00 e. The number of hydrogen-bond donors (Lipinski definition) is 4. The number of nitrogens with two attached hydrogens (primary N) is 2. The van der Waals surface area contributed by atoms with Crippen molar-refractivity contribution in [1.82, 2.24) is 0 Å². The van der Waals surface area contributed by atoms with E-state index in [1.165, 1.54) is 38.5 Å². The van der Waals surface area contributed by atoms with Gasteiger partial charge in [-0.15, -0.1) is 0 Å². The Labute approximate surface area is 139 Å². The van der Waals surface area contributed by atoms with Crippen LogP contribution in [-0.2, 0) is 30.7 Å². The average Bonchev–Trinajstić information content (AvgIpc) is 2.76. The summed E-state index contributed by atoms with van der Waals surface area (Å²) in [5.74, 6) is -2.62. The smallest absolute Gasteiger partial charge is 1.00 e. The first-order chi connectivity index (χ1) is 8.38. The molecule has 2 saturated carbocycles. The Balaban J connectivity index is 0. The number of carbonyl (C=O) groups is 2. The van der Waals surface area contributed by atoms with Crippen molar-refractivity contribution >= 4 is 11.9 Å². The molecule has 0 bridgehead atoms. The number of aliphatic carboxylic acids is 2. The van der Waals surface area contributed by atoms with Gasteiger partial charge in [0.2, 0.25) is 0 Å². The third-order valence-electron chi connectivity index (χ3n) is 4.09. The number of carboxylic acid groups (broad SMARTS) is 2. The fourth-order valence-corrected chi connectivity index (χ4v) is 3.15. The topological polar surface area (TPSA) is 127 Å². The van der Waals surface area contributed by atoms with Gasteiger partial charge in [0.1, 0.15) is 6.42 Å². The summed E-state index contributed by atoms with van der Waals surface area (Å²) >= 11 is 0.